The molecule has 1 N–H and O–H groups in total. The van der Waals surface area contributed by atoms with Crippen molar-refractivity contribution in [3.63, 3.8) is 0 Å². The van der Waals surface area contributed by atoms with Crippen LogP contribution in [0.2, 0.25) is 0 Å². The highest BCUT2D eigenvalue weighted by Gasteiger charge is 2.35. The fourth-order valence-electron chi connectivity index (χ4n) is 2.16. The van der Waals surface area contributed by atoms with Gasteiger partial charge in [-0.05, 0) is 33.6 Å². The Morgan fingerprint density at radius 3 is 2.95 bits per heavy atom. The van der Waals surface area contributed by atoms with Gasteiger partial charge < -0.3 is 14.4 Å². The molecule has 0 spiro atoms. The quantitative estimate of drug-likeness (QED) is 0.890. The van der Waals surface area contributed by atoms with Gasteiger partial charge in [0.05, 0.1) is 12.6 Å². The molecule has 2 heterocycles. The van der Waals surface area contributed by atoms with Gasteiger partial charge in [-0.25, -0.2) is 4.79 Å². The Bertz CT molecular complexity index is 450. The first-order valence-electron chi connectivity index (χ1n) is 6.46. The Morgan fingerprint density at radius 1 is 1.63 bits per heavy atom. The van der Waals surface area contributed by atoms with Crippen LogP contribution in [0.1, 0.15) is 51.1 Å². The number of aliphatic hydroxyl groups is 1. The first-order valence-corrected chi connectivity index (χ1v) is 6.46. The van der Waals surface area contributed by atoms with Crippen molar-refractivity contribution in [2.24, 2.45) is 0 Å². The van der Waals surface area contributed by atoms with E-state index in [9.17, 15) is 4.79 Å². The predicted octanol–water partition coefficient (Wildman–Crippen LogP) is 2.24. The van der Waals surface area contributed by atoms with E-state index in [1.54, 1.807) is 11.0 Å². The third-order valence-corrected chi connectivity index (χ3v) is 2.95. The molecule has 1 unspecified atom stereocenters. The number of hydrogen-bond donors (Lipinski definition) is 1. The summed E-state index contributed by atoms with van der Waals surface area (Å²) in [4.78, 5) is 13.8. The van der Waals surface area contributed by atoms with Crippen LogP contribution in [0.4, 0.5) is 4.79 Å². The molecule has 1 amide bonds. The molecule has 0 aliphatic carbocycles. The normalized spacial score (nSPS) is 19.8. The standard InChI is InChI=1S/C13H20N2O4/c1-13(2,3)18-12(17)15-6-4-5-10(15)11-7-9(8-16)14-19-11/h7,10,16H,4-6,8H2,1-3H3. The molecule has 6 heteroatoms. The van der Waals surface area contributed by atoms with Crippen molar-refractivity contribution in [1.29, 1.82) is 0 Å². The lowest BCUT2D eigenvalue weighted by atomic mass is 10.1. The minimum absolute atomic E-state index is 0.150. The van der Waals surface area contributed by atoms with Crippen molar-refractivity contribution in [3.8, 4) is 0 Å². The number of carbonyl (C=O) groups is 1. The van der Waals surface area contributed by atoms with Crippen LogP contribution >= 0.6 is 0 Å². The van der Waals surface area contributed by atoms with E-state index < -0.39 is 5.60 Å². The molecule has 2 rings (SSSR count). The number of amides is 1. The van der Waals surface area contributed by atoms with E-state index in [1.807, 2.05) is 20.8 Å². The second kappa shape index (κ2) is 5.21. The van der Waals surface area contributed by atoms with Crippen LogP contribution < -0.4 is 0 Å². The molecule has 0 bridgehead atoms. The highest BCUT2D eigenvalue weighted by molar-refractivity contribution is 5.69. The minimum atomic E-state index is -0.512. The molecule has 19 heavy (non-hydrogen) atoms. The summed E-state index contributed by atoms with van der Waals surface area (Å²) in [5.41, 5.74) is -0.0342. The summed E-state index contributed by atoms with van der Waals surface area (Å²) in [5.74, 6) is 0.604. The van der Waals surface area contributed by atoms with E-state index in [0.717, 1.165) is 12.8 Å². The van der Waals surface area contributed by atoms with Crippen LogP contribution in [-0.4, -0.2) is 33.4 Å². The zero-order chi connectivity index (χ0) is 14.0. The highest BCUT2D eigenvalue weighted by atomic mass is 16.6. The van der Waals surface area contributed by atoms with Gasteiger partial charge in [0.1, 0.15) is 11.3 Å². The average Bonchev–Trinajstić information content (AvgIpc) is 2.95. The highest BCUT2D eigenvalue weighted by Crippen LogP contribution is 2.33. The Balaban J connectivity index is 2.10. The molecule has 1 aliphatic heterocycles. The fraction of sp³-hybridized carbons (Fsp3) is 0.692. The molecule has 0 saturated carbocycles. The molecular weight excluding hydrogens is 248 g/mol. The number of carbonyl (C=O) groups excluding carboxylic acids is 1. The molecule has 1 atom stereocenters. The summed E-state index contributed by atoms with van der Waals surface area (Å²) in [6, 6.07) is 1.54. The molecule has 0 radical (unpaired) electrons. The van der Waals surface area contributed by atoms with Crippen molar-refractivity contribution in [2.75, 3.05) is 6.54 Å². The summed E-state index contributed by atoms with van der Waals surface area (Å²) in [6.07, 6.45) is 1.38. The number of aliphatic hydroxyl groups excluding tert-OH is 1. The Morgan fingerprint density at radius 2 is 2.37 bits per heavy atom. The van der Waals surface area contributed by atoms with Gasteiger partial charge in [0.2, 0.25) is 0 Å². The second-order valence-corrected chi connectivity index (χ2v) is 5.71. The fourth-order valence-corrected chi connectivity index (χ4v) is 2.16. The van der Waals surface area contributed by atoms with Crippen molar-refractivity contribution < 1.29 is 19.2 Å². The summed E-state index contributed by atoms with van der Waals surface area (Å²) in [5, 5.41) is 12.7. The van der Waals surface area contributed by atoms with Gasteiger partial charge in [-0.3, -0.25) is 4.90 Å². The number of hydrogen-bond acceptors (Lipinski definition) is 5. The van der Waals surface area contributed by atoms with Crippen LogP contribution in [0.25, 0.3) is 0 Å². The van der Waals surface area contributed by atoms with Crippen molar-refractivity contribution >= 4 is 6.09 Å². The molecule has 106 valence electrons. The lowest BCUT2D eigenvalue weighted by Gasteiger charge is -2.27. The van der Waals surface area contributed by atoms with Gasteiger partial charge in [0.15, 0.2) is 5.76 Å². The maximum atomic E-state index is 12.1. The van der Waals surface area contributed by atoms with Crippen molar-refractivity contribution in [1.82, 2.24) is 10.1 Å². The third kappa shape index (κ3) is 3.26. The topological polar surface area (TPSA) is 75.8 Å². The van der Waals surface area contributed by atoms with E-state index in [2.05, 4.69) is 5.16 Å². The monoisotopic (exact) mass is 268 g/mol. The summed E-state index contributed by atoms with van der Waals surface area (Å²) >= 11 is 0. The van der Waals surface area contributed by atoms with Gasteiger partial charge in [-0.1, -0.05) is 5.16 Å². The zero-order valence-electron chi connectivity index (χ0n) is 11.5. The van der Waals surface area contributed by atoms with Crippen molar-refractivity contribution in [2.45, 2.75) is 51.9 Å². The van der Waals surface area contributed by atoms with E-state index in [0.29, 0.717) is 18.0 Å². The SMILES string of the molecule is CC(C)(C)OC(=O)N1CCCC1c1cc(CO)no1. The van der Waals surface area contributed by atoms with Crippen LogP contribution in [0.15, 0.2) is 10.6 Å². The van der Waals surface area contributed by atoms with Gasteiger partial charge in [0, 0.05) is 12.6 Å². The molecule has 0 aromatic carbocycles. The summed E-state index contributed by atoms with van der Waals surface area (Å²) in [6.45, 7) is 6.01. The first-order chi connectivity index (χ1) is 8.90. The first kappa shape index (κ1) is 13.9. The molecule has 1 fully saturated rings. The molecule has 6 nitrogen and oxygen atoms in total. The van der Waals surface area contributed by atoms with Crippen LogP contribution in [0.3, 0.4) is 0 Å². The molecule has 1 saturated heterocycles. The smallest absolute Gasteiger partial charge is 0.410 e. The van der Waals surface area contributed by atoms with Crippen molar-refractivity contribution in [3.05, 3.63) is 17.5 Å². The molecular formula is C13H20N2O4. The Kier molecular flexibility index (Phi) is 3.80. The largest absolute Gasteiger partial charge is 0.444 e. The van der Waals surface area contributed by atoms with Crippen LogP contribution in [0.5, 0.6) is 0 Å². The van der Waals surface area contributed by atoms with E-state index in [1.165, 1.54) is 0 Å². The van der Waals surface area contributed by atoms with Gasteiger partial charge >= 0.3 is 6.09 Å². The predicted molar refractivity (Wildman–Crippen MR) is 67.3 cm³/mol. The lowest BCUT2D eigenvalue weighted by molar-refractivity contribution is 0.0204. The Hall–Kier alpha value is -1.56. The maximum absolute atomic E-state index is 12.1. The van der Waals surface area contributed by atoms with Gasteiger partial charge in [0.25, 0.3) is 0 Å². The number of nitrogens with zero attached hydrogens (tertiary/aromatic N) is 2. The zero-order valence-corrected chi connectivity index (χ0v) is 11.5. The molecule has 1 aliphatic rings. The molecule has 1 aromatic rings. The van der Waals surface area contributed by atoms with Crippen LogP contribution in [0, 0.1) is 0 Å². The van der Waals surface area contributed by atoms with Gasteiger partial charge in [-0.15, -0.1) is 0 Å². The van der Waals surface area contributed by atoms with Gasteiger partial charge in [-0.2, -0.15) is 0 Å². The Labute approximate surface area is 112 Å². The minimum Gasteiger partial charge on any atom is -0.444 e. The van der Waals surface area contributed by atoms with E-state index >= 15 is 0 Å². The number of aromatic nitrogens is 1. The van der Waals surface area contributed by atoms with Crippen LogP contribution in [-0.2, 0) is 11.3 Å². The number of ether oxygens (including phenoxy) is 1. The lowest BCUT2D eigenvalue weighted by Crippen LogP contribution is -2.36. The van der Waals surface area contributed by atoms with E-state index in [4.69, 9.17) is 14.4 Å². The number of likely N-dealkylation sites (tertiary alicyclic amines) is 1. The maximum Gasteiger partial charge on any atom is 0.410 e. The summed E-state index contributed by atoms with van der Waals surface area (Å²) in [7, 11) is 0. The second-order valence-electron chi connectivity index (χ2n) is 5.71. The average molecular weight is 268 g/mol. The number of rotatable bonds is 2. The third-order valence-electron chi connectivity index (χ3n) is 2.95. The summed E-state index contributed by atoms with van der Waals surface area (Å²) < 4.78 is 10.6. The van der Waals surface area contributed by atoms with E-state index in [-0.39, 0.29) is 18.7 Å². The molecule has 1 aromatic heterocycles.